The van der Waals surface area contributed by atoms with Crippen LogP contribution in [0, 0.1) is 11.3 Å². The van der Waals surface area contributed by atoms with Crippen molar-refractivity contribution in [3.8, 4) is 5.75 Å². The molecule has 0 aromatic heterocycles. The molecule has 0 radical (unpaired) electrons. The third kappa shape index (κ3) is 4.22. The highest BCUT2D eigenvalue weighted by Gasteiger charge is 2.48. The average molecular weight is 277 g/mol. The van der Waals surface area contributed by atoms with Crippen LogP contribution in [0.1, 0.15) is 25.3 Å². The van der Waals surface area contributed by atoms with Gasteiger partial charge in [-0.2, -0.15) is 0 Å². The summed E-state index contributed by atoms with van der Waals surface area (Å²) in [6, 6.07) is 8.45. The van der Waals surface area contributed by atoms with E-state index < -0.39 is 0 Å². The lowest BCUT2D eigenvalue weighted by atomic mass is 9.96. The fourth-order valence-corrected chi connectivity index (χ4v) is 2.80. The van der Waals surface area contributed by atoms with Gasteiger partial charge in [-0.25, -0.2) is 0 Å². The van der Waals surface area contributed by atoms with E-state index in [9.17, 15) is 0 Å². The van der Waals surface area contributed by atoms with Gasteiger partial charge in [-0.3, -0.25) is 0 Å². The molecule has 2 rings (SSSR count). The highest BCUT2D eigenvalue weighted by Crippen LogP contribution is 2.54. The number of benzene rings is 1. The zero-order valence-corrected chi connectivity index (χ0v) is 12.9. The second kappa shape index (κ2) is 7.09. The molecule has 112 valence electrons. The standard InChI is InChI=1S/C17H27NO2/c1-17(12-15(17)13-18-10-11-19-2)9-8-14-4-6-16(20-3)7-5-14/h4-7,15,18H,8-13H2,1-3H3. The first-order chi connectivity index (χ1) is 9.68. The Balaban J connectivity index is 1.68. The lowest BCUT2D eigenvalue weighted by molar-refractivity contribution is 0.198. The molecule has 20 heavy (non-hydrogen) atoms. The van der Waals surface area contributed by atoms with Crippen molar-refractivity contribution >= 4 is 0 Å². The zero-order chi connectivity index (χ0) is 14.4. The van der Waals surface area contributed by atoms with Crippen molar-refractivity contribution in [2.24, 2.45) is 11.3 Å². The van der Waals surface area contributed by atoms with Gasteiger partial charge >= 0.3 is 0 Å². The summed E-state index contributed by atoms with van der Waals surface area (Å²) >= 11 is 0. The molecule has 0 aliphatic heterocycles. The topological polar surface area (TPSA) is 30.5 Å². The van der Waals surface area contributed by atoms with Gasteiger partial charge in [0.25, 0.3) is 0 Å². The third-order valence-electron chi connectivity index (χ3n) is 4.56. The molecule has 3 heteroatoms. The van der Waals surface area contributed by atoms with Gasteiger partial charge in [0.15, 0.2) is 0 Å². The molecule has 1 saturated carbocycles. The molecule has 2 unspecified atom stereocenters. The van der Waals surface area contributed by atoms with E-state index in [4.69, 9.17) is 9.47 Å². The summed E-state index contributed by atoms with van der Waals surface area (Å²) in [6.45, 7) is 5.30. The van der Waals surface area contributed by atoms with Gasteiger partial charge in [-0.15, -0.1) is 0 Å². The summed E-state index contributed by atoms with van der Waals surface area (Å²) in [5, 5.41) is 3.48. The van der Waals surface area contributed by atoms with E-state index in [1.165, 1.54) is 18.4 Å². The second-order valence-electron chi connectivity index (χ2n) is 6.10. The SMILES string of the molecule is COCCNCC1CC1(C)CCc1ccc(OC)cc1. The van der Waals surface area contributed by atoms with Crippen molar-refractivity contribution in [3.05, 3.63) is 29.8 Å². The molecule has 0 spiro atoms. The fraction of sp³-hybridized carbons (Fsp3) is 0.647. The highest BCUT2D eigenvalue weighted by atomic mass is 16.5. The summed E-state index contributed by atoms with van der Waals surface area (Å²) < 4.78 is 10.2. The molecule has 1 fully saturated rings. The molecule has 1 aromatic carbocycles. The highest BCUT2D eigenvalue weighted by molar-refractivity contribution is 5.27. The smallest absolute Gasteiger partial charge is 0.118 e. The van der Waals surface area contributed by atoms with E-state index in [1.54, 1.807) is 14.2 Å². The van der Waals surface area contributed by atoms with Crippen LogP contribution >= 0.6 is 0 Å². The minimum atomic E-state index is 0.528. The molecule has 0 heterocycles. The largest absolute Gasteiger partial charge is 0.497 e. The fourth-order valence-electron chi connectivity index (χ4n) is 2.80. The lowest BCUT2D eigenvalue weighted by Gasteiger charge is -2.12. The number of hydrogen-bond donors (Lipinski definition) is 1. The van der Waals surface area contributed by atoms with Gasteiger partial charge < -0.3 is 14.8 Å². The molecule has 0 bridgehead atoms. The van der Waals surface area contributed by atoms with E-state index >= 15 is 0 Å². The van der Waals surface area contributed by atoms with E-state index in [0.29, 0.717) is 5.41 Å². The quantitative estimate of drug-likeness (QED) is 0.704. The van der Waals surface area contributed by atoms with Crippen LogP contribution in [0.25, 0.3) is 0 Å². The Hall–Kier alpha value is -1.06. The summed E-state index contributed by atoms with van der Waals surface area (Å²) in [7, 11) is 3.46. The molecule has 1 N–H and O–H groups in total. The van der Waals surface area contributed by atoms with E-state index in [0.717, 1.165) is 37.8 Å². The Morgan fingerprint density at radius 1 is 1.25 bits per heavy atom. The van der Waals surface area contributed by atoms with Crippen molar-refractivity contribution in [3.63, 3.8) is 0 Å². The normalized spacial score (nSPS) is 24.6. The van der Waals surface area contributed by atoms with Crippen LogP contribution in [-0.4, -0.2) is 33.9 Å². The molecular formula is C17H27NO2. The molecule has 2 atom stereocenters. The first-order valence-corrected chi connectivity index (χ1v) is 7.50. The summed E-state index contributed by atoms with van der Waals surface area (Å²) in [6.07, 6.45) is 3.79. The Morgan fingerprint density at radius 3 is 2.65 bits per heavy atom. The van der Waals surface area contributed by atoms with Gasteiger partial charge in [0, 0.05) is 13.7 Å². The number of ether oxygens (including phenoxy) is 2. The molecule has 1 aliphatic rings. The number of methoxy groups -OCH3 is 2. The maximum atomic E-state index is 5.19. The number of rotatable bonds is 9. The van der Waals surface area contributed by atoms with Crippen LogP contribution in [0.15, 0.2) is 24.3 Å². The van der Waals surface area contributed by atoms with Crippen LogP contribution in [0.5, 0.6) is 5.75 Å². The molecule has 1 aliphatic carbocycles. The maximum absolute atomic E-state index is 5.19. The van der Waals surface area contributed by atoms with Crippen molar-refractivity contribution in [1.29, 1.82) is 0 Å². The van der Waals surface area contributed by atoms with Gasteiger partial charge in [-0.1, -0.05) is 19.1 Å². The Bertz CT molecular complexity index is 404. The predicted molar refractivity (Wildman–Crippen MR) is 82.3 cm³/mol. The molecule has 3 nitrogen and oxygen atoms in total. The lowest BCUT2D eigenvalue weighted by Crippen LogP contribution is -2.23. The maximum Gasteiger partial charge on any atom is 0.118 e. The minimum absolute atomic E-state index is 0.528. The summed E-state index contributed by atoms with van der Waals surface area (Å²) in [4.78, 5) is 0. The molecule has 1 aromatic rings. The molecule has 0 saturated heterocycles. The first kappa shape index (κ1) is 15.3. The Morgan fingerprint density at radius 2 is 2.00 bits per heavy atom. The van der Waals surface area contributed by atoms with Crippen molar-refractivity contribution in [2.75, 3.05) is 33.9 Å². The Labute approximate surface area is 122 Å². The average Bonchev–Trinajstić information content (AvgIpc) is 3.13. The summed E-state index contributed by atoms with van der Waals surface area (Å²) in [5.41, 5.74) is 1.94. The summed E-state index contributed by atoms with van der Waals surface area (Å²) in [5.74, 6) is 1.77. The number of aryl methyl sites for hydroxylation is 1. The van der Waals surface area contributed by atoms with Gasteiger partial charge in [0.2, 0.25) is 0 Å². The number of nitrogens with one attached hydrogen (secondary N) is 1. The van der Waals surface area contributed by atoms with Crippen molar-refractivity contribution < 1.29 is 9.47 Å². The van der Waals surface area contributed by atoms with Crippen LogP contribution in [0.3, 0.4) is 0 Å². The van der Waals surface area contributed by atoms with Crippen LogP contribution in [-0.2, 0) is 11.2 Å². The number of hydrogen-bond acceptors (Lipinski definition) is 3. The van der Waals surface area contributed by atoms with Crippen molar-refractivity contribution in [1.82, 2.24) is 5.32 Å². The predicted octanol–water partition coefficient (Wildman–Crippen LogP) is 2.89. The van der Waals surface area contributed by atoms with Crippen LogP contribution < -0.4 is 10.1 Å². The van der Waals surface area contributed by atoms with Gasteiger partial charge in [-0.05, 0) is 54.8 Å². The van der Waals surface area contributed by atoms with Crippen LogP contribution in [0.2, 0.25) is 0 Å². The molecular weight excluding hydrogens is 250 g/mol. The van der Waals surface area contributed by atoms with E-state index in [1.807, 2.05) is 12.1 Å². The zero-order valence-electron chi connectivity index (χ0n) is 12.9. The Kier molecular flexibility index (Phi) is 5.44. The van der Waals surface area contributed by atoms with Gasteiger partial charge in [0.05, 0.1) is 13.7 Å². The van der Waals surface area contributed by atoms with E-state index in [2.05, 4.69) is 24.4 Å². The third-order valence-corrected chi connectivity index (χ3v) is 4.56. The second-order valence-corrected chi connectivity index (χ2v) is 6.10. The molecule has 0 amide bonds. The van der Waals surface area contributed by atoms with E-state index in [-0.39, 0.29) is 0 Å². The minimum Gasteiger partial charge on any atom is -0.497 e. The van der Waals surface area contributed by atoms with Crippen LogP contribution in [0.4, 0.5) is 0 Å². The van der Waals surface area contributed by atoms with Crippen molar-refractivity contribution in [2.45, 2.75) is 26.2 Å². The van der Waals surface area contributed by atoms with Gasteiger partial charge in [0.1, 0.15) is 5.75 Å². The first-order valence-electron chi connectivity index (χ1n) is 7.50. The monoisotopic (exact) mass is 277 g/mol.